The van der Waals surface area contributed by atoms with Gasteiger partial charge < -0.3 is 9.73 Å². The van der Waals surface area contributed by atoms with Crippen LogP contribution in [-0.4, -0.2) is 21.1 Å². The highest BCUT2D eigenvalue weighted by atomic mass is 35.5. The van der Waals surface area contributed by atoms with Crippen LogP contribution in [0.25, 0.3) is 27.9 Å². The van der Waals surface area contributed by atoms with Gasteiger partial charge >= 0.3 is 6.01 Å². The van der Waals surface area contributed by atoms with Crippen LogP contribution in [0.15, 0.2) is 77.7 Å². The van der Waals surface area contributed by atoms with Gasteiger partial charge in [-0.3, -0.25) is 10.1 Å². The molecule has 1 fully saturated rings. The van der Waals surface area contributed by atoms with Crippen LogP contribution in [0.5, 0.6) is 0 Å². The summed E-state index contributed by atoms with van der Waals surface area (Å²) < 4.78 is 5.53. The first kappa shape index (κ1) is 24.8. The largest absolute Gasteiger partial charge is 0.408 e. The van der Waals surface area contributed by atoms with Gasteiger partial charge in [-0.1, -0.05) is 53.1 Å². The van der Waals surface area contributed by atoms with Gasteiger partial charge in [0.25, 0.3) is 5.91 Å². The van der Waals surface area contributed by atoms with Gasteiger partial charge in [0.15, 0.2) is 0 Å². The lowest BCUT2D eigenvalue weighted by Gasteiger charge is -2.16. The minimum absolute atomic E-state index is 0.113. The highest BCUT2D eigenvalue weighted by molar-refractivity contribution is 6.33. The van der Waals surface area contributed by atoms with E-state index in [1.807, 2.05) is 42.5 Å². The molecular formula is C31H26ClN5O2. The number of benzene rings is 3. The maximum Gasteiger partial charge on any atom is 0.322 e. The number of rotatable bonds is 7. The van der Waals surface area contributed by atoms with Gasteiger partial charge in [0.1, 0.15) is 0 Å². The molecule has 0 bridgehead atoms. The summed E-state index contributed by atoms with van der Waals surface area (Å²) in [7, 11) is 0. The van der Waals surface area contributed by atoms with E-state index in [1.54, 1.807) is 12.1 Å². The lowest BCUT2D eigenvalue weighted by molar-refractivity contribution is 0.102. The Morgan fingerprint density at radius 3 is 2.51 bits per heavy atom. The van der Waals surface area contributed by atoms with Gasteiger partial charge in [-0.2, -0.15) is 0 Å². The van der Waals surface area contributed by atoms with Crippen molar-refractivity contribution in [3.8, 4) is 11.3 Å². The molecule has 2 aromatic heterocycles. The molecule has 8 heteroatoms. The first-order valence-electron chi connectivity index (χ1n) is 12.7. The van der Waals surface area contributed by atoms with Crippen LogP contribution in [0.3, 0.4) is 0 Å². The van der Waals surface area contributed by atoms with E-state index < -0.39 is 0 Å². The van der Waals surface area contributed by atoms with Crippen molar-refractivity contribution in [2.24, 2.45) is 0 Å². The smallest absolute Gasteiger partial charge is 0.322 e. The molecule has 1 aliphatic carbocycles. The number of halogens is 1. The Bertz CT molecular complexity index is 1740. The third-order valence-corrected chi connectivity index (χ3v) is 7.08. The van der Waals surface area contributed by atoms with Gasteiger partial charge in [-0.05, 0) is 74.7 Å². The quantitative estimate of drug-likeness (QED) is 0.221. The molecule has 1 saturated carbocycles. The fourth-order valence-electron chi connectivity index (χ4n) is 4.63. The van der Waals surface area contributed by atoms with Crippen LogP contribution in [-0.2, 0) is 0 Å². The summed E-state index contributed by atoms with van der Waals surface area (Å²) in [5, 5.41) is 15.6. The maximum atomic E-state index is 12.7. The van der Waals surface area contributed by atoms with Crippen LogP contribution in [0.2, 0.25) is 5.02 Å². The molecular weight excluding hydrogens is 510 g/mol. The molecule has 39 heavy (non-hydrogen) atoms. The molecule has 2 N–H and O–H groups in total. The van der Waals surface area contributed by atoms with Crippen molar-refractivity contribution in [2.75, 3.05) is 10.6 Å². The van der Waals surface area contributed by atoms with E-state index >= 15 is 0 Å². The Hall–Kier alpha value is -4.49. The summed E-state index contributed by atoms with van der Waals surface area (Å²) in [6.45, 7) is 8.47. The predicted octanol–water partition coefficient (Wildman–Crippen LogP) is 7.77. The summed E-state index contributed by atoms with van der Waals surface area (Å²) >= 11 is 6.52. The molecule has 194 valence electrons. The number of amides is 1. The SMILES string of the molecule is C=C(Nc1ccc(C(=O)Nc2nnc(C3CC3)o2)cc1)c1cc(-c2ccccc2Cl)nc2c(C)cc(C)cc12. The zero-order valence-electron chi connectivity index (χ0n) is 21.6. The average Bonchev–Trinajstić information content (AvgIpc) is 3.67. The maximum absolute atomic E-state index is 12.7. The van der Waals surface area contributed by atoms with E-state index in [4.69, 9.17) is 21.0 Å². The molecule has 1 aliphatic rings. The van der Waals surface area contributed by atoms with Gasteiger partial charge in [0.05, 0.1) is 11.2 Å². The monoisotopic (exact) mass is 535 g/mol. The van der Waals surface area contributed by atoms with Crippen molar-refractivity contribution in [3.63, 3.8) is 0 Å². The van der Waals surface area contributed by atoms with Gasteiger partial charge in [0, 0.05) is 44.4 Å². The molecule has 0 atom stereocenters. The van der Waals surface area contributed by atoms with Crippen LogP contribution in [0.1, 0.15) is 51.7 Å². The Balaban J connectivity index is 1.26. The molecule has 0 spiro atoms. The van der Waals surface area contributed by atoms with Crippen molar-refractivity contribution < 1.29 is 9.21 Å². The molecule has 0 saturated heterocycles. The molecule has 5 aromatic rings. The first-order chi connectivity index (χ1) is 18.9. The standard InChI is InChI=1S/C31H26ClN5O2/c1-17-14-18(2)28-25(15-17)24(16-27(34-28)23-6-4-5-7-26(23)32)19(3)33-22-12-10-20(11-13-22)29(38)35-31-37-36-30(39-31)21-8-9-21/h4-7,10-16,21,33H,3,8-9H2,1-2H3,(H,35,37,38). The minimum Gasteiger partial charge on any atom is -0.408 e. The van der Waals surface area contributed by atoms with E-state index in [9.17, 15) is 4.79 Å². The number of aryl methyl sites for hydroxylation is 2. The van der Waals surface area contributed by atoms with Crippen molar-refractivity contribution in [3.05, 3.63) is 106 Å². The normalized spacial score (nSPS) is 12.9. The lowest BCUT2D eigenvalue weighted by Crippen LogP contribution is -2.12. The molecule has 7 nitrogen and oxygen atoms in total. The highest BCUT2D eigenvalue weighted by Gasteiger charge is 2.29. The fourth-order valence-corrected chi connectivity index (χ4v) is 4.87. The van der Waals surface area contributed by atoms with Crippen molar-refractivity contribution in [1.82, 2.24) is 15.2 Å². The van der Waals surface area contributed by atoms with Gasteiger partial charge in [0.2, 0.25) is 5.89 Å². The summed E-state index contributed by atoms with van der Waals surface area (Å²) in [4.78, 5) is 17.6. The number of pyridine rings is 1. The number of carbonyl (C=O) groups excluding carboxylic acids is 1. The molecule has 0 unspecified atom stereocenters. The number of hydrogen-bond donors (Lipinski definition) is 2. The van der Waals surface area contributed by atoms with Crippen molar-refractivity contribution in [1.29, 1.82) is 0 Å². The Morgan fingerprint density at radius 1 is 1.00 bits per heavy atom. The van der Waals surface area contributed by atoms with Crippen LogP contribution >= 0.6 is 11.6 Å². The number of hydrogen-bond acceptors (Lipinski definition) is 6. The van der Waals surface area contributed by atoms with Gasteiger partial charge in [-0.15, -0.1) is 5.10 Å². The Kier molecular flexibility index (Phi) is 6.37. The number of aromatic nitrogens is 3. The molecule has 0 radical (unpaired) electrons. The molecule has 1 amide bonds. The summed E-state index contributed by atoms with van der Waals surface area (Å²) in [6, 6.07) is 21.2. The second-order valence-electron chi connectivity index (χ2n) is 9.87. The fraction of sp³-hybridized carbons (Fsp3) is 0.161. The number of nitrogens with zero attached hydrogens (tertiary/aromatic N) is 3. The van der Waals surface area contributed by atoms with E-state index in [1.165, 1.54) is 0 Å². The van der Waals surface area contributed by atoms with Crippen LogP contribution in [0, 0.1) is 13.8 Å². The molecule has 3 aromatic carbocycles. The van der Waals surface area contributed by atoms with Crippen molar-refractivity contribution in [2.45, 2.75) is 32.6 Å². The third kappa shape index (κ3) is 5.13. The number of fused-ring (bicyclic) bond motifs is 1. The second kappa shape index (κ2) is 10.0. The molecule has 6 rings (SSSR count). The molecule has 0 aliphatic heterocycles. The molecule has 2 heterocycles. The number of anilines is 2. The van der Waals surface area contributed by atoms with Gasteiger partial charge in [-0.25, -0.2) is 4.98 Å². The highest BCUT2D eigenvalue weighted by Crippen LogP contribution is 2.39. The zero-order chi connectivity index (χ0) is 27.1. The summed E-state index contributed by atoms with van der Waals surface area (Å²) in [5.74, 6) is 0.588. The summed E-state index contributed by atoms with van der Waals surface area (Å²) in [6.07, 6.45) is 2.09. The van der Waals surface area contributed by atoms with E-state index in [0.717, 1.165) is 57.4 Å². The van der Waals surface area contributed by atoms with E-state index in [-0.39, 0.29) is 11.9 Å². The van der Waals surface area contributed by atoms with E-state index in [2.05, 4.69) is 53.4 Å². The summed E-state index contributed by atoms with van der Waals surface area (Å²) in [5.41, 5.74) is 7.64. The zero-order valence-corrected chi connectivity index (χ0v) is 22.3. The predicted molar refractivity (Wildman–Crippen MR) is 155 cm³/mol. The second-order valence-corrected chi connectivity index (χ2v) is 10.3. The average molecular weight is 536 g/mol. The van der Waals surface area contributed by atoms with Crippen LogP contribution in [0.4, 0.5) is 11.7 Å². The van der Waals surface area contributed by atoms with E-state index in [0.29, 0.717) is 28.1 Å². The number of carbonyl (C=O) groups is 1. The van der Waals surface area contributed by atoms with Crippen LogP contribution < -0.4 is 10.6 Å². The minimum atomic E-state index is -0.318. The first-order valence-corrected chi connectivity index (χ1v) is 13.1. The third-order valence-electron chi connectivity index (χ3n) is 6.75. The van der Waals surface area contributed by atoms with Crippen molar-refractivity contribution >= 4 is 45.8 Å². The number of nitrogens with one attached hydrogen (secondary N) is 2. The Labute approximate surface area is 230 Å². The Morgan fingerprint density at radius 2 is 1.77 bits per heavy atom. The lowest BCUT2D eigenvalue weighted by atomic mass is 9.98. The topological polar surface area (TPSA) is 92.9 Å².